The Labute approximate surface area is 101 Å². The molecule has 0 unspecified atom stereocenters. The molecule has 1 nitrogen and oxygen atoms in total. The summed E-state index contributed by atoms with van der Waals surface area (Å²) in [5.41, 5.74) is 8.72. The van der Waals surface area contributed by atoms with Crippen LogP contribution in [0.2, 0.25) is 0 Å². The highest BCUT2D eigenvalue weighted by Gasteiger charge is 1.98. The first-order chi connectivity index (χ1) is 7.29. The predicted molar refractivity (Wildman–Crippen MR) is 67.0 cm³/mol. The molecule has 0 saturated heterocycles. The minimum atomic E-state index is -0.214. The Kier molecular flexibility index (Phi) is 4.47. The van der Waals surface area contributed by atoms with Gasteiger partial charge in [-0.2, -0.15) is 0 Å². The van der Waals surface area contributed by atoms with E-state index in [4.69, 9.17) is 5.73 Å². The summed E-state index contributed by atoms with van der Waals surface area (Å²) in [4.78, 5) is 0. The lowest BCUT2D eigenvalue weighted by Crippen LogP contribution is -1.95. The van der Waals surface area contributed by atoms with Crippen LogP contribution in [0.25, 0.3) is 11.1 Å². The van der Waals surface area contributed by atoms with Gasteiger partial charge in [-0.15, -0.1) is 12.4 Å². The smallest absolute Gasteiger partial charge is 0.123 e. The van der Waals surface area contributed by atoms with Crippen molar-refractivity contribution in [3.8, 4) is 11.1 Å². The summed E-state index contributed by atoms with van der Waals surface area (Å²) in [6.07, 6.45) is 0. The van der Waals surface area contributed by atoms with Gasteiger partial charge >= 0.3 is 0 Å². The van der Waals surface area contributed by atoms with Crippen molar-refractivity contribution in [3.63, 3.8) is 0 Å². The molecule has 0 aromatic heterocycles. The van der Waals surface area contributed by atoms with Gasteiger partial charge in [0.25, 0.3) is 0 Å². The number of benzene rings is 2. The van der Waals surface area contributed by atoms with E-state index in [-0.39, 0.29) is 18.2 Å². The molecule has 2 N–H and O–H groups in total. The minimum Gasteiger partial charge on any atom is -0.326 e. The van der Waals surface area contributed by atoms with Crippen LogP contribution in [0, 0.1) is 5.82 Å². The maximum atomic E-state index is 12.7. The maximum Gasteiger partial charge on any atom is 0.123 e. The predicted octanol–water partition coefficient (Wildman–Crippen LogP) is 3.37. The molecule has 3 heteroatoms. The molecule has 0 spiro atoms. The van der Waals surface area contributed by atoms with E-state index in [1.54, 1.807) is 12.1 Å². The minimum absolute atomic E-state index is 0. The van der Waals surface area contributed by atoms with Crippen LogP contribution >= 0.6 is 12.4 Å². The molecule has 0 aliphatic rings. The van der Waals surface area contributed by atoms with Crippen molar-refractivity contribution in [1.29, 1.82) is 0 Å². The maximum absolute atomic E-state index is 12.7. The van der Waals surface area contributed by atoms with Crippen molar-refractivity contribution in [2.45, 2.75) is 6.54 Å². The topological polar surface area (TPSA) is 26.0 Å². The first kappa shape index (κ1) is 12.7. The SMILES string of the molecule is Cl.NCc1cccc(-c2ccc(F)cc2)c1. The number of rotatable bonds is 2. The molecule has 0 bridgehead atoms. The van der Waals surface area contributed by atoms with Crippen LogP contribution in [0.1, 0.15) is 5.56 Å². The molecule has 2 rings (SSSR count). The Bertz CT molecular complexity index is 454. The van der Waals surface area contributed by atoms with Crippen molar-refractivity contribution < 1.29 is 4.39 Å². The molecule has 0 radical (unpaired) electrons. The second kappa shape index (κ2) is 5.64. The van der Waals surface area contributed by atoms with Crippen molar-refractivity contribution >= 4 is 12.4 Å². The van der Waals surface area contributed by atoms with E-state index >= 15 is 0 Å². The zero-order valence-electron chi connectivity index (χ0n) is 8.69. The normalized spacial score (nSPS) is 9.62. The van der Waals surface area contributed by atoms with Crippen LogP contribution in [-0.4, -0.2) is 0 Å². The van der Waals surface area contributed by atoms with Crippen LogP contribution in [0.4, 0.5) is 4.39 Å². The quantitative estimate of drug-likeness (QED) is 0.852. The van der Waals surface area contributed by atoms with Gasteiger partial charge in [-0.3, -0.25) is 0 Å². The van der Waals surface area contributed by atoms with Crippen LogP contribution in [-0.2, 0) is 6.54 Å². The second-order valence-corrected chi connectivity index (χ2v) is 3.41. The van der Waals surface area contributed by atoms with Gasteiger partial charge < -0.3 is 5.73 Å². The fraction of sp³-hybridized carbons (Fsp3) is 0.0769. The molecule has 0 aliphatic heterocycles. The third-order valence-electron chi connectivity index (χ3n) is 2.34. The van der Waals surface area contributed by atoms with Gasteiger partial charge in [0, 0.05) is 6.54 Å². The van der Waals surface area contributed by atoms with E-state index in [1.165, 1.54) is 12.1 Å². The molecule has 2 aromatic rings. The van der Waals surface area contributed by atoms with E-state index in [1.807, 2.05) is 24.3 Å². The van der Waals surface area contributed by atoms with Gasteiger partial charge in [0.05, 0.1) is 0 Å². The van der Waals surface area contributed by atoms with E-state index in [0.717, 1.165) is 16.7 Å². The number of hydrogen-bond donors (Lipinski definition) is 1. The molecular weight excluding hydrogens is 225 g/mol. The van der Waals surface area contributed by atoms with Crippen molar-refractivity contribution in [2.75, 3.05) is 0 Å². The average molecular weight is 238 g/mol. The average Bonchev–Trinajstić information content (AvgIpc) is 2.30. The van der Waals surface area contributed by atoms with E-state index in [2.05, 4.69) is 0 Å². The Hall–Kier alpha value is -1.38. The van der Waals surface area contributed by atoms with Gasteiger partial charge in [-0.1, -0.05) is 30.3 Å². The third kappa shape index (κ3) is 2.81. The number of nitrogens with two attached hydrogens (primary N) is 1. The highest BCUT2D eigenvalue weighted by Crippen LogP contribution is 2.20. The van der Waals surface area contributed by atoms with Crippen molar-refractivity contribution in [1.82, 2.24) is 0 Å². The van der Waals surface area contributed by atoms with Gasteiger partial charge in [0.2, 0.25) is 0 Å². The summed E-state index contributed by atoms with van der Waals surface area (Å²) >= 11 is 0. The Morgan fingerprint density at radius 3 is 2.25 bits per heavy atom. The molecule has 0 heterocycles. The first-order valence-corrected chi connectivity index (χ1v) is 4.84. The lowest BCUT2D eigenvalue weighted by Gasteiger charge is -2.03. The van der Waals surface area contributed by atoms with E-state index in [9.17, 15) is 4.39 Å². The molecule has 0 saturated carbocycles. The molecule has 0 atom stereocenters. The fourth-order valence-electron chi connectivity index (χ4n) is 1.52. The molecule has 16 heavy (non-hydrogen) atoms. The highest BCUT2D eigenvalue weighted by atomic mass is 35.5. The molecule has 0 fully saturated rings. The monoisotopic (exact) mass is 237 g/mol. The summed E-state index contributed by atoms with van der Waals surface area (Å²) < 4.78 is 12.7. The Morgan fingerprint density at radius 2 is 1.62 bits per heavy atom. The standard InChI is InChI=1S/C13H12FN.ClH/c14-13-6-4-11(5-7-13)12-3-1-2-10(8-12)9-15;/h1-8H,9,15H2;1H. The first-order valence-electron chi connectivity index (χ1n) is 4.84. The molecular formula is C13H13ClFN. The fourth-order valence-corrected chi connectivity index (χ4v) is 1.52. The van der Waals surface area contributed by atoms with Crippen LogP contribution in [0.5, 0.6) is 0 Å². The number of hydrogen-bond acceptors (Lipinski definition) is 1. The molecule has 84 valence electrons. The van der Waals surface area contributed by atoms with Gasteiger partial charge in [0.15, 0.2) is 0 Å². The Balaban J connectivity index is 0.00000128. The van der Waals surface area contributed by atoms with Crippen LogP contribution < -0.4 is 5.73 Å². The van der Waals surface area contributed by atoms with Crippen LogP contribution in [0.3, 0.4) is 0 Å². The molecule has 0 amide bonds. The summed E-state index contributed by atoms with van der Waals surface area (Å²) in [6, 6.07) is 14.4. The van der Waals surface area contributed by atoms with Crippen molar-refractivity contribution in [3.05, 3.63) is 59.9 Å². The largest absolute Gasteiger partial charge is 0.326 e. The van der Waals surface area contributed by atoms with E-state index in [0.29, 0.717) is 6.54 Å². The molecule has 0 aliphatic carbocycles. The van der Waals surface area contributed by atoms with E-state index < -0.39 is 0 Å². The lowest BCUT2D eigenvalue weighted by molar-refractivity contribution is 0.628. The van der Waals surface area contributed by atoms with Crippen LogP contribution in [0.15, 0.2) is 48.5 Å². The number of halogens is 2. The third-order valence-corrected chi connectivity index (χ3v) is 2.34. The zero-order chi connectivity index (χ0) is 10.7. The van der Waals surface area contributed by atoms with Crippen molar-refractivity contribution in [2.24, 2.45) is 5.73 Å². The van der Waals surface area contributed by atoms with Gasteiger partial charge in [-0.05, 0) is 34.9 Å². The molecule has 2 aromatic carbocycles. The van der Waals surface area contributed by atoms with Gasteiger partial charge in [-0.25, -0.2) is 4.39 Å². The highest BCUT2D eigenvalue weighted by molar-refractivity contribution is 5.85. The summed E-state index contributed by atoms with van der Waals surface area (Å²) in [7, 11) is 0. The van der Waals surface area contributed by atoms with Gasteiger partial charge in [0.1, 0.15) is 5.82 Å². The second-order valence-electron chi connectivity index (χ2n) is 3.41. The Morgan fingerprint density at radius 1 is 0.938 bits per heavy atom. The lowest BCUT2D eigenvalue weighted by atomic mass is 10.0. The zero-order valence-corrected chi connectivity index (χ0v) is 9.51. The summed E-state index contributed by atoms with van der Waals surface area (Å²) in [6.45, 7) is 0.523. The summed E-state index contributed by atoms with van der Waals surface area (Å²) in [5.74, 6) is -0.214. The summed E-state index contributed by atoms with van der Waals surface area (Å²) in [5, 5.41) is 0.